The van der Waals surface area contributed by atoms with Crippen LogP contribution < -0.4 is 20.7 Å². The fraction of sp³-hybridized carbons (Fsp3) is 0. The predicted octanol–water partition coefficient (Wildman–Crippen LogP) is 16.4. The molecule has 0 saturated heterocycles. The first-order chi connectivity index (χ1) is 38.2. The summed E-state index contributed by atoms with van der Waals surface area (Å²) in [6.45, 7) is 0. The van der Waals surface area contributed by atoms with E-state index in [0.717, 1.165) is 17.1 Å². The first-order valence-electron chi connectivity index (χ1n) is 26.5. The Bertz CT molecular complexity index is 4840. The average Bonchev–Trinajstić information content (AvgIpc) is 4.26. The van der Waals surface area contributed by atoms with Crippen LogP contribution in [0.25, 0.3) is 114 Å². The van der Waals surface area contributed by atoms with Crippen LogP contribution in [-0.4, -0.2) is 21.8 Å². The van der Waals surface area contributed by atoms with E-state index < -0.39 is 8.07 Å². The second-order valence-corrected chi connectivity index (χ2v) is 25.3. The summed E-state index contributed by atoms with van der Waals surface area (Å²) >= 11 is 1.87. The van der Waals surface area contributed by atoms with Gasteiger partial charge in [0.05, 0.1) is 33.1 Å². The number of rotatable bonds is 8. The van der Waals surface area contributed by atoms with E-state index in [0.29, 0.717) is 0 Å². The Morgan fingerprint density at radius 1 is 0.247 bits per heavy atom. The number of para-hydroxylation sites is 3. The van der Waals surface area contributed by atoms with Crippen molar-refractivity contribution >= 4 is 126 Å². The summed E-state index contributed by atoms with van der Waals surface area (Å²) in [5.74, 6) is 0. The van der Waals surface area contributed by atoms with Crippen LogP contribution in [0.5, 0.6) is 0 Å². The van der Waals surface area contributed by atoms with E-state index in [-0.39, 0.29) is 0 Å². The van der Waals surface area contributed by atoms with Crippen molar-refractivity contribution in [2.45, 2.75) is 0 Å². The standard InChI is InChI=1S/C72H47N3SSi/c1-4-21-52(22-5-1)77(53-23-6-2-7-24-53,54-25-8-3-9-26-54)55-27-18-20-49(45-55)73-66-35-16-12-30-59(66)61-46-50(39-41-67(61)73)75-68-42-40-51(74-64-33-14-10-28-57(64)58-29-11-15-34-65(58)74)47-63(68)72-56(32-19-36-69(72)75)48-38-43-71-62(44-48)60-31-13-17-37-70(60)76-71/h1-47H. The Morgan fingerprint density at radius 2 is 0.675 bits per heavy atom. The quantitative estimate of drug-likeness (QED) is 0.106. The second kappa shape index (κ2) is 17.3. The van der Waals surface area contributed by atoms with Crippen LogP contribution in [-0.2, 0) is 0 Å². The molecule has 0 aliphatic rings. The highest BCUT2D eigenvalue weighted by molar-refractivity contribution is 7.25. The van der Waals surface area contributed by atoms with Crippen molar-refractivity contribution in [1.29, 1.82) is 0 Å². The number of thiophene rings is 1. The summed E-state index contributed by atoms with van der Waals surface area (Å²) in [6, 6.07) is 107. The molecule has 5 heteroatoms. The smallest absolute Gasteiger partial charge is 0.179 e. The van der Waals surface area contributed by atoms with Crippen LogP contribution >= 0.6 is 11.3 Å². The van der Waals surface area contributed by atoms with Crippen molar-refractivity contribution in [1.82, 2.24) is 13.7 Å². The van der Waals surface area contributed by atoms with Crippen LogP contribution in [0.1, 0.15) is 0 Å². The number of hydrogen-bond acceptors (Lipinski definition) is 1. The molecule has 0 fully saturated rings. The van der Waals surface area contributed by atoms with Gasteiger partial charge in [-0.05, 0) is 123 Å². The topological polar surface area (TPSA) is 14.8 Å². The highest BCUT2D eigenvalue weighted by Gasteiger charge is 2.41. The van der Waals surface area contributed by atoms with Crippen LogP contribution in [0, 0.1) is 0 Å². The molecule has 4 heterocycles. The van der Waals surface area contributed by atoms with E-state index in [1.54, 1.807) is 0 Å². The van der Waals surface area contributed by atoms with Gasteiger partial charge in [0, 0.05) is 69.6 Å². The van der Waals surface area contributed by atoms with Crippen LogP contribution in [0.2, 0.25) is 0 Å². The molecule has 3 nitrogen and oxygen atoms in total. The number of nitrogens with zero attached hydrogens (tertiary/aromatic N) is 3. The number of benzene rings is 12. The Balaban J connectivity index is 0.930. The fourth-order valence-corrected chi connectivity index (χ4v) is 19.0. The lowest BCUT2D eigenvalue weighted by Gasteiger charge is -2.34. The summed E-state index contributed by atoms with van der Waals surface area (Å²) in [5, 5.41) is 15.4. The molecule has 4 aromatic heterocycles. The molecule has 0 spiro atoms. The largest absolute Gasteiger partial charge is 0.309 e. The third kappa shape index (κ3) is 6.55. The van der Waals surface area contributed by atoms with Gasteiger partial charge in [-0.2, -0.15) is 0 Å². The first kappa shape index (κ1) is 43.8. The predicted molar refractivity (Wildman–Crippen MR) is 331 cm³/mol. The van der Waals surface area contributed by atoms with E-state index in [1.807, 2.05) is 11.3 Å². The van der Waals surface area contributed by atoms with Crippen LogP contribution in [0.3, 0.4) is 0 Å². The number of fused-ring (bicyclic) bond motifs is 12. The summed E-state index contributed by atoms with van der Waals surface area (Å²) in [7, 11) is -2.80. The molecule has 0 N–H and O–H groups in total. The summed E-state index contributed by atoms with van der Waals surface area (Å²) in [5.41, 5.74) is 12.9. The molecule has 0 atom stereocenters. The molecule has 77 heavy (non-hydrogen) atoms. The Morgan fingerprint density at radius 3 is 1.29 bits per heavy atom. The molecule has 12 aromatic carbocycles. The van der Waals surface area contributed by atoms with Crippen molar-refractivity contribution < 1.29 is 0 Å². The molecule has 0 saturated carbocycles. The minimum atomic E-state index is -2.80. The molecule has 0 unspecified atom stereocenters. The van der Waals surface area contributed by atoms with Gasteiger partial charge in [0.1, 0.15) is 0 Å². The van der Waals surface area contributed by atoms with Gasteiger partial charge in [0.2, 0.25) is 0 Å². The number of aromatic nitrogens is 3. The molecule has 16 rings (SSSR count). The van der Waals surface area contributed by atoms with Gasteiger partial charge in [0.25, 0.3) is 0 Å². The molecule has 0 aliphatic heterocycles. The van der Waals surface area contributed by atoms with Crippen LogP contribution in [0.15, 0.2) is 285 Å². The maximum absolute atomic E-state index is 2.80. The van der Waals surface area contributed by atoms with Crippen molar-refractivity contribution in [3.05, 3.63) is 285 Å². The Hall–Kier alpha value is -9.52. The Kier molecular flexibility index (Phi) is 9.83. The number of hydrogen-bond donors (Lipinski definition) is 0. The van der Waals surface area contributed by atoms with Crippen LogP contribution in [0.4, 0.5) is 0 Å². The third-order valence-corrected chi connectivity index (χ3v) is 22.3. The molecule has 0 amide bonds. The molecule has 360 valence electrons. The van der Waals surface area contributed by atoms with Gasteiger partial charge in [-0.25, -0.2) is 0 Å². The van der Waals surface area contributed by atoms with Gasteiger partial charge in [-0.3, -0.25) is 0 Å². The molecule has 0 radical (unpaired) electrons. The zero-order chi connectivity index (χ0) is 50.6. The lowest BCUT2D eigenvalue weighted by Crippen LogP contribution is -2.74. The zero-order valence-electron chi connectivity index (χ0n) is 41.9. The monoisotopic (exact) mass is 1010 g/mol. The molecule has 0 aliphatic carbocycles. The lowest BCUT2D eigenvalue weighted by molar-refractivity contribution is 1.16. The van der Waals surface area contributed by atoms with Gasteiger partial charge in [-0.1, -0.05) is 194 Å². The van der Waals surface area contributed by atoms with Gasteiger partial charge in [0.15, 0.2) is 8.07 Å². The van der Waals surface area contributed by atoms with Crippen molar-refractivity contribution in [3.8, 4) is 28.2 Å². The normalized spacial score (nSPS) is 12.2. The molecular weight excluding hydrogens is 967 g/mol. The van der Waals surface area contributed by atoms with Crippen molar-refractivity contribution in [2.24, 2.45) is 0 Å². The highest BCUT2D eigenvalue weighted by atomic mass is 32.1. The first-order valence-corrected chi connectivity index (χ1v) is 29.3. The highest BCUT2D eigenvalue weighted by Crippen LogP contribution is 2.44. The summed E-state index contributed by atoms with van der Waals surface area (Å²) in [4.78, 5) is 0. The fourth-order valence-electron chi connectivity index (χ4n) is 13.1. The third-order valence-electron chi connectivity index (χ3n) is 16.4. The Labute approximate surface area is 450 Å². The summed E-state index contributed by atoms with van der Waals surface area (Å²) < 4.78 is 10.1. The van der Waals surface area contributed by atoms with E-state index >= 15 is 0 Å². The van der Waals surface area contributed by atoms with Crippen molar-refractivity contribution in [3.63, 3.8) is 0 Å². The van der Waals surface area contributed by atoms with Crippen molar-refractivity contribution in [2.75, 3.05) is 0 Å². The van der Waals surface area contributed by atoms with E-state index in [1.165, 1.54) is 117 Å². The van der Waals surface area contributed by atoms with Gasteiger partial charge < -0.3 is 13.7 Å². The molecular formula is C72H47N3SSi. The zero-order valence-corrected chi connectivity index (χ0v) is 43.7. The SMILES string of the molecule is c1ccc([Si](c2ccccc2)(c2ccccc2)c2cccc(-n3c4ccccc4c4cc(-n5c6ccc(-n7c8ccccc8c8ccccc87)cc6c6c(-c7ccc8sc9ccccc9c8c7)cccc65)ccc43)c2)cc1. The maximum Gasteiger partial charge on any atom is 0.179 e. The second-order valence-electron chi connectivity index (χ2n) is 20.4. The molecule has 0 bridgehead atoms. The lowest BCUT2D eigenvalue weighted by atomic mass is 9.97. The minimum absolute atomic E-state index is 1.12. The van der Waals surface area contributed by atoms with E-state index in [2.05, 4.69) is 299 Å². The summed E-state index contributed by atoms with van der Waals surface area (Å²) in [6.07, 6.45) is 0. The van der Waals surface area contributed by atoms with Gasteiger partial charge in [-0.15, -0.1) is 11.3 Å². The van der Waals surface area contributed by atoms with E-state index in [9.17, 15) is 0 Å². The van der Waals surface area contributed by atoms with Gasteiger partial charge >= 0.3 is 0 Å². The average molecular weight is 1010 g/mol. The van der Waals surface area contributed by atoms with E-state index in [4.69, 9.17) is 0 Å². The maximum atomic E-state index is 2.51. The minimum Gasteiger partial charge on any atom is -0.309 e. The molecule has 16 aromatic rings.